The van der Waals surface area contributed by atoms with Crippen molar-refractivity contribution in [2.24, 2.45) is 4.99 Å². The highest BCUT2D eigenvalue weighted by Gasteiger charge is 2.03. The summed E-state index contributed by atoms with van der Waals surface area (Å²) in [7, 11) is 0. The zero-order valence-electron chi connectivity index (χ0n) is 15.0. The van der Waals surface area contributed by atoms with E-state index in [0.29, 0.717) is 31.2 Å². The summed E-state index contributed by atoms with van der Waals surface area (Å²) in [6.45, 7) is 4.37. The van der Waals surface area contributed by atoms with E-state index in [-0.39, 0.29) is 11.7 Å². The molecule has 0 atom stereocenters. The number of nitrogens with one attached hydrogen (secondary N) is 3. The van der Waals surface area contributed by atoms with Crippen LogP contribution in [-0.2, 0) is 6.54 Å². The quantitative estimate of drug-likeness (QED) is 0.387. The normalized spacial score (nSPS) is 11.1. The molecule has 0 aliphatic heterocycles. The van der Waals surface area contributed by atoms with Gasteiger partial charge in [0.25, 0.3) is 5.91 Å². The van der Waals surface area contributed by atoms with E-state index in [0.717, 1.165) is 18.5 Å². The number of hydrogen-bond acceptors (Lipinski definition) is 2. The van der Waals surface area contributed by atoms with Gasteiger partial charge in [0.05, 0.1) is 6.54 Å². The molecule has 1 amide bonds. The van der Waals surface area contributed by atoms with Crippen LogP contribution in [0.2, 0.25) is 0 Å². The number of halogens is 1. The van der Waals surface area contributed by atoms with Gasteiger partial charge in [0.2, 0.25) is 0 Å². The predicted molar refractivity (Wildman–Crippen MR) is 103 cm³/mol. The van der Waals surface area contributed by atoms with E-state index in [9.17, 15) is 9.18 Å². The van der Waals surface area contributed by atoms with Crippen LogP contribution >= 0.6 is 0 Å². The van der Waals surface area contributed by atoms with Crippen molar-refractivity contribution in [2.45, 2.75) is 19.9 Å². The van der Waals surface area contributed by atoms with Crippen molar-refractivity contribution < 1.29 is 9.18 Å². The van der Waals surface area contributed by atoms with E-state index in [1.54, 1.807) is 18.2 Å². The fraction of sp³-hybridized carbons (Fsp3) is 0.300. The van der Waals surface area contributed by atoms with Crippen LogP contribution in [0.1, 0.15) is 29.3 Å². The van der Waals surface area contributed by atoms with Gasteiger partial charge in [-0.3, -0.25) is 4.79 Å². The van der Waals surface area contributed by atoms with Crippen molar-refractivity contribution in [3.8, 4) is 0 Å². The Morgan fingerprint density at radius 1 is 1.00 bits per heavy atom. The van der Waals surface area contributed by atoms with Crippen LogP contribution in [0.5, 0.6) is 0 Å². The predicted octanol–water partition coefficient (Wildman–Crippen LogP) is 2.70. The molecule has 5 nitrogen and oxygen atoms in total. The number of benzene rings is 2. The molecule has 138 valence electrons. The number of carbonyl (C=O) groups is 1. The van der Waals surface area contributed by atoms with Gasteiger partial charge < -0.3 is 16.0 Å². The van der Waals surface area contributed by atoms with Gasteiger partial charge in [-0.15, -0.1) is 0 Å². The highest BCUT2D eigenvalue weighted by atomic mass is 19.1. The Bertz CT molecular complexity index is 719. The second-order valence-electron chi connectivity index (χ2n) is 5.73. The Morgan fingerprint density at radius 3 is 2.50 bits per heavy atom. The minimum absolute atomic E-state index is 0.0720. The minimum atomic E-state index is -0.259. The summed E-state index contributed by atoms with van der Waals surface area (Å²) in [6.07, 6.45) is 0.767. The summed E-state index contributed by atoms with van der Waals surface area (Å²) in [5, 5.41) is 9.25. The third kappa shape index (κ3) is 6.93. The molecule has 2 aromatic rings. The molecule has 0 bridgehead atoms. The maximum Gasteiger partial charge on any atom is 0.251 e. The van der Waals surface area contributed by atoms with Crippen LogP contribution in [0.15, 0.2) is 59.6 Å². The number of nitrogens with zero attached hydrogens (tertiary/aromatic N) is 1. The summed E-state index contributed by atoms with van der Waals surface area (Å²) >= 11 is 0. The molecule has 0 aliphatic rings. The molecule has 0 aromatic heterocycles. The molecule has 2 aromatic carbocycles. The van der Waals surface area contributed by atoms with Crippen molar-refractivity contribution in [1.29, 1.82) is 0 Å². The van der Waals surface area contributed by atoms with Crippen LogP contribution in [-0.4, -0.2) is 31.5 Å². The van der Waals surface area contributed by atoms with E-state index in [4.69, 9.17) is 0 Å². The molecule has 6 heteroatoms. The van der Waals surface area contributed by atoms with Crippen molar-refractivity contribution in [3.05, 3.63) is 71.5 Å². The SMILES string of the molecule is CCNC(=NCc1cccc(F)c1)NCCCNC(=O)c1ccccc1. The zero-order chi connectivity index (χ0) is 18.6. The molecule has 0 aliphatic carbocycles. The summed E-state index contributed by atoms with van der Waals surface area (Å²) in [4.78, 5) is 16.4. The maximum atomic E-state index is 13.2. The molecule has 26 heavy (non-hydrogen) atoms. The second-order valence-corrected chi connectivity index (χ2v) is 5.73. The Labute approximate surface area is 153 Å². The lowest BCUT2D eigenvalue weighted by molar-refractivity contribution is 0.0953. The van der Waals surface area contributed by atoms with Crippen LogP contribution in [0, 0.1) is 5.82 Å². The molecule has 0 unspecified atom stereocenters. The van der Waals surface area contributed by atoms with Gasteiger partial charge in [-0.2, -0.15) is 0 Å². The van der Waals surface area contributed by atoms with Crippen LogP contribution in [0.4, 0.5) is 4.39 Å². The van der Waals surface area contributed by atoms with Gasteiger partial charge in [0, 0.05) is 25.2 Å². The maximum absolute atomic E-state index is 13.2. The summed E-state index contributed by atoms with van der Waals surface area (Å²) in [5.74, 6) is 0.341. The lowest BCUT2D eigenvalue weighted by Crippen LogP contribution is -2.38. The average Bonchev–Trinajstić information content (AvgIpc) is 2.66. The summed E-state index contributed by atoms with van der Waals surface area (Å²) in [5.41, 5.74) is 1.47. The lowest BCUT2D eigenvalue weighted by Gasteiger charge is -2.11. The number of guanidine groups is 1. The number of hydrogen-bond donors (Lipinski definition) is 3. The molecule has 3 N–H and O–H groups in total. The van der Waals surface area contributed by atoms with Gasteiger partial charge in [-0.25, -0.2) is 9.38 Å². The molecule has 2 rings (SSSR count). The molecule has 0 heterocycles. The molecule has 0 radical (unpaired) electrons. The van der Waals surface area contributed by atoms with E-state index < -0.39 is 0 Å². The first kappa shape index (κ1) is 19.4. The third-order valence-electron chi connectivity index (χ3n) is 3.62. The van der Waals surface area contributed by atoms with Crippen LogP contribution < -0.4 is 16.0 Å². The molecule has 0 saturated carbocycles. The Kier molecular flexibility index (Phi) is 8.12. The number of rotatable bonds is 8. The first-order valence-electron chi connectivity index (χ1n) is 8.79. The molecule has 0 spiro atoms. The van der Waals surface area contributed by atoms with Crippen molar-refractivity contribution in [1.82, 2.24) is 16.0 Å². The van der Waals surface area contributed by atoms with Gasteiger partial charge >= 0.3 is 0 Å². The molecular formula is C20H25FN4O. The standard InChI is InChI=1S/C20H25FN4O/c1-2-22-20(25-15-16-8-6-11-18(21)14-16)24-13-7-12-23-19(26)17-9-4-3-5-10-17/h3-6,8-11,14H,2,7,12-13,15H2,1H3,(H,23,26)(H2,22,24,25). The highest BCUT2D eigenvalue weighted by Crippen LogP contribution is 2.04. The van der Waals surface area contributed by atoms with Crippen molar-refractivity contribution in [2.75, 3.05) is 19.6 Å². The first-order chi connectivity index (χ1) is 12.7. The van der Waals surface area contributed by atoms with Crippen LogP contribution in [0.3, 0.4) is 0 Å². The highest BCUT2D eigenvalue weighted by molar-refractivity contribution is 5.94. The fourth-order valence-corrected chi connectivity index (χ4v) is 2.34. The first-order valence-corrected chi connectivity index (χ1v) is 8.79. The van der Waals surface area contributed by atoms with Crippen LogP contribution in [0.25, 0.3) is 0 Å². The number of amides is 1. The lowest BCUT2D eigenvalue weighted by atomic mass is 10.2. The smallest absolute Gasteiger partial charge is 0.251 e. The van der Waals surface area contributed by atoms with Crippen molar-refractivity contribution in [3.63, 3.8) is 0 Å². The van der Waals surface area contributed by atoms with Gasteiger partial charge in [0.15, 0.2) is 5.96 Å². The number of carbonyl (C=O) groups excluding carboxylic acids is 1. The topological polar surface area (TPSA) is 65.5 Å². The Morgan fingerprint density at radius 2 is 1.77 bits per heavy atom. The second kappa shape index (κ2) is 10.9. The largest absolute Gasteiger partial charge is 0.357 e. The Hall–Kier alpha value is -2.89. The van der Waals surface area contributed by atoms with Crippen molar-refractivity contribution >= 4 is 11.9 Å². The van der Waals surface area contributed by atoms with E-state index >= 15 is 0 Å². The van der Waals surface area contributed by atoms with Gasteiger partial charge in [-0.05, 0) is 43.2 Å². The number of aliphatic imine (C=N–C) groups is 1. The Balaban J connectivity index is 1.72. The fourth-order valence-electron chi connectivity index (χ4n) is 2.34. The monoisotopic (exact) mass is 356 g/mol. The zero-order valence-corrected chi connectivity index (χ0v) is 15.0. The van der Waals surface area contributed by atoms with Gasteiger partial charge in [0.1, 0.15) is 5.82 Å². The summed E-state index contributed by atoms with van der Waals surface area (Å²) < 4.78 is 13.2. The molecular weight excluding hydrogens is 331 g/mol. The van der Waals surface area contributed by atoms with E-state index in [1.165, 1.54) is 12.1 Å². The molecule has 0 fully saturated rings. The molecule has 0 saturated heterocycles. The summed E-state index contributed by atoms with van der Waals surface area (Å²) in [6, 6.07) is 15.6. The van der Waals surface area contributed by atoms with Gasteiger partial charge in [-0.1, -0.05) is 30.3 Å². The third-order valence-corrected chi connectivity index (χ3v) is 3.62. The minimum Gasteiger partial charge on any atom is -0.357 e. The van der Waals surface area contributed by atoms with E-state index in [2.05, 4.69) is 20.9 Å². The average molecular weight is 356 g/mol. The van der Waals surface area contributed by atoms with E-state index in [1.807, 2.05) is 31.2 Å².